The van der Waals surface area contributed by atoms with Gasteiger partial charge in [0.05, 0.1) is 0 Å². The van der Waals surface area contributed by atoms with Crippen LogP contribution in [0.3, 0.4) is 0 Å². The third-order valence-electron chi connectivity index (χ3n) is 2.09. The number of aromatic nitrogens is 2. The average Bonchev–Trinajstić information content (AvgIpc) is 2.61. The maximum Gasteiger partial charge on any atom is 0.216 e. The quantitative estimate of drug-likeness (QED) is 0.700. The lowest BCUT2D eigenvalue weighted by Gasteiger charge is -2.05. The summed E-state index contributed by atoms with van der Waals surface area (Å²) in [5, 5.41) is 11.3. The maximum absolute atomic E-state index is 5.48. The van der Waals surface area contributed by atoms with Crippen molar-refractivity contribution in [3.8, 4) is 0 Å². The van der Waals surface area contributed by atoms with Crippen LogP contribution in [0.1, 0.15) is 45.4 Å². The average molecular weight is 211 g/mol. The third kappa shape index (κ3) is 4.93. The fourth-order valence-corrected chi connectivity index (χ4v) is 1.33. The van der Waals surface area contributed by atoms with Gasteiger partial charge >= 0.3 is 0 Å². The Morgan fingerprint density at radius 2 is 1.87 bits per heavy atom. The van der Waals surface area contributed by atoms with Crippen LogP contribution in [0.15, 0.2) is 4.42 Å². The molecule has 4 nitrogen and oxygen atoms in total. The molecule has 0 radical (unpaired) electrons. The van der Waals surface area contributed by atoms with Crippen LogP contribution in [-0.4, -0.2) is 22.8 Å². The van der Waals surface area contributed by atoms with E-state index in [1.807, 2.05) is 0 Å². The minimum atomic E-state index is 0.545. The fourth-order valence-electron chi connectivity index (χ4n) is 1.33. The Balaban J connectivity index is 2.19. The molecule has 1 N–H and O–H groups in total. The van der Waals surface area contributed by atoms with Crippen molar-refractivity contribution in [2.75, 3.05) is 6.54 Å². The van der Waals surface area contributed by atoms with Crippen molar-refractivity contribution in [2.45, 2.75) is 52.5 Å². The van der Waals surface area contributed by atoms with Crippen molar-refractivity contribution in [1.29, 1.82) is 0 Å². The van der Waals surface area contributed by atoms with Crippen molar-refractivity contribution < 1.29 is 4.42 Å². The van der Waals surface area contributed by atoms with E-state index in [1.54, 1.807) is 0 Å². The number of rotatable bonds is 7. The molecule has 0 unspecified atom stereocenters. The van der Waals surface area contributed by atoms with Gasteiger partial charge in [-0.3, -0.25) is 0 Å². The van der Waals surface area contributed by atoms with Gasteiger partial charge in [0.1, 0.15) is 0 Å². The zero-order valence-electron chi connectivity index (χ0n) is 9.92. The molecule has 1 aromatic heterocycles. The molecule has 0 aliphatic carbocycles. The molecule has 0 spiro atoms. The van der Waals surface area contributed by atoms with Crippen LogP contribution in [0.2, 0.25) is 0 Å². The molecule has 0 atom stereocenters. The summed E-state index contributed by atoms with van der Waals surface area (Å²) >= 11 is 0. The smallest absolute Gasteiger partial charge is 0.216 e. The standard InChI is InChI=1S/C11H21N3O/c1-4-6-10-13-14-11(15-10)7-5-8-12-9(2)3/h9,12H,4-8H2,1-3H3. The molecular weight excluding hydrogens is 190 g/mol. The summed E-state index contributed by atoms with van der Waals surface area (Å²) in [6, 6.07) is 0.545. The van der Waals surface area contributed by atoms with Crippen LogP contribution in [-0.2, 0) is 12.8 Å². The van der Waals surface area contributed by atoms with Crippen molar-refractivity contribution >= 4 is 0 Å². The van der Waals surface area contributed by atoms with E-state index in [4.69, 9.17) is 4.42 Å². The Morgan fingerprint density at radius 1 is 1.20 bits per heavy atom. The van der Waals surface area contributed by atoms with E-state index in [1.165, 1.54) is 0 Å². The van der Waals surface area contributed by atoms with Gasteiger partial charge in [-0.1, -0.05) is 20.8 Å². The van der Waals surface area contributed by atoms with Crippen molar-refractivity contribution in [3.63, 3.8) is 0 Å². The van der Waals surface area contributed by atoms with Gasteiger partial charge in [0.2, 0.25) is 11.8 Å². The lowest BCUT2D eigenvalue weighted by atomic mass is 10.3. The van der Waals surface area contributed by atoms with Gasteiger partial charge in [-0.25, -0.2) is 0 Å². The predicted molar refractivity (Wildman–Crippen MR) is 59.8 cm³/mol. The Hall–Kier alpha value is -0.900. The van der Waals surface area contributed by atoms with Crippen LogP contribution in [0.5, 0.6) is 0 Å². The molecule has 0 amide bonds. The molecule has 1 heterocycles. The first-order valence-corrected chi connectivity index (χ1v) is 5.77. The molecule has 4 heteroatoms. The second kappa shape index (κ2) is 6.56. The minimum Gasteiger partial charge on any atom is -0.425 e. The monoisotopic (exact) mass is 211 g/mol. The van der Waals surface area contributed by atoms with Crippen molar-refractivity contribution in [1.82, 2.24) is 15.5 Å². The lowest BCUT2D eigenvalue weighted by Crippen LogP contribution is -2.23. The molecule has 1 rings (SSSR count). The molecule has 15 heavy (non-hydrogen) atoms. The van der Waals surface area contributed by atoms with Gasteiger partial charge in [-0.05, 0) is 19.4 Å². The molecular formula is C11H21N3O. The van der Waals surface area contributed by atoms with E-state index in [0.717, 1.165) is 44.0 Å². The number of hydrogen-bond donors (Lipinski definition) is 1. The van der Waals surface area contributed by atoms with Crippen LogP contribution in [0.4, 0.5) is 0 Å². The molecule has 0 aliphatic heterocycles. The predicted octanol–water partition coefficient (Wildman–Crippen LogP) is 1.95. The van der Waals surface area contributed by atoms with Gasteiger partial charge in [0.15, 0.2) is 0 Å². The van der Waals surface area contributed by atoms with Gasteiger partial charge in [0.25, 0.3) is 0 Å². The topological polar surface area (TPSA) is 51.0 Å². The first-order valence-electron chi connectivity index (χ1n) is 5.77. The summed E-state index contributed by atoms with van der Waals surface area (Å²) in [7, 11) is 0. The number of aryl methyl sites for hydroxylation is 2. The largest absolute Gasteiger partial charge is 0.425 e. The summed E-state index contributed by atoms with van der Waals surface area (Å²) in [6.07, 6.45) is 3.86. The van der Waals surface area contributed by atoms with E-state index in [0.29, 0.717) is 6.04 Å². The summed E-state index contributed by atoms with van der Waals surface area (Å²) in [6.45, 7) is 7.40. The second-order valence-corrected chi connectivity index (χ2v) is 4.05. The number of nitrogens with zero attached hydrogens (tertiary/aromatic N) is 2. The molecule has 0 fully saturated rings. The Labute approximate surface area is 91.5 Å². The third-order valence-corrected chi connectivity index (χ3v) is 2.09. The number of hydrogen-bond acceptors (Lipinski definition) is 4. The SMILES string of the molecule is CCCc1nnc(CCCNC(C)C)o1. The van der Waals surface area contributed by atoms with E-state index >= 15 is 0 Å². The van der Waals surface area contributed by atoms with E-state index in [-0.39, 0.29) is 0 Å². The van der Waals surface area contributed by atoms with E-state index in [9.17, 15) is 0 Å². The van der Waals surface area contributed by atoms with Crippen LogP contribution < -0.4 is 5.32 Å². The Morgan fingerprint density at radius 3 is 2.47 bits per heavy atom. The highest BCUT2D eigenvalue weighted by Crippen LogP contribution is 2.04. The van der Waals surface area contributed by atoms with Crippen LogP contribution in [0, 0.1) is 0 Å². The van der Waals surface area contributed by atoms with Crippen molar-refractivity contribution in [3.05, 3.63) is 11.8 Å². The van der Waals surface area contributed by atoms with Gasteiger partial charge in [-0.2, -0.15) is 0 Å². The Bertz CT molecular complexity index is 271. The molecule has 1 aromatic rings. The molecule has 0 aliphatic rings. The van der Waals surface area contributed by atoms with E-state index in [2.05, 4.69) is 36.3 Å². The normalized spacial score (nSPS) is 11.2. The molecule has 0 aromatic carbocycles. The first-order chi connectivity index (χ1) is 7.22. The Kier molecular flexibility index (Phi) is 5.32. The van der Waals surface area contributed by atoms with Gasteiger partial charge in [-0.15, -0.1) is 10.2 Å². The summed E-state index contributed by atoms with van der Waals surface area (Å²) in [5.41, 5.74) is 0. The highest BCUT2D eigenvalue weighted by Gasteiger charge is 2.04. The summed E-state index contributed by atoms with van der Waals surface area (Å²) in [5.74, 6) is 1.54. The fraction of sp³-hybridized carbons (Fsp3) is 0.818. The minimum absolute atomic E-state index is 0.545. The lowest BCUT2D eigenvalue weighted by molar-refractivity contribution is 0.437. The molecule has 86 valence electrons. The van der Waals surface area contributed by atoms with Crippen LogP contribution >= 0.6 is 0 Å². The zero-order chi connectivity index (χ0) is 11.1. The second-order valence-electron chi connectivity index (χ2n) is 4.05. The van der Waals surface area contributed by atoms with E-state index < -0.39 is 0 Å². The highest BCUT2D eigenvalue weighted by molar-refractivity contribution is 4.82. The van der Waals surface area contributed by atoms with Crippen LogP contribution in [0.25, 0.3) is 0 Å². The van der Waals surface area contributed by atoms with Gasteiger partial charge in [0, 0.05) is 18.9 Å². The highest BCUT2D eigenvalue weighted by atomic mass is 16.4. The molecule has 0 bridgehead atoms. The maximum atomic E-state index is 5.48. The van der Waals surface area contributed by atoms with Crippen molar-refractivity contribution in [2.24, 2.45) is 0 Å². The summed E-state index contributed by atoms with van der Waals surface area (Å²) in [4.78, 5) is 0. The summed E-state index contributed by atoms with van der Waals surface area (Å²) < 4.78 is 5.48. The van der Waals surface area contributed by atoms with Gasteiger partial charge < -0.3 is 9.73 Å². The zero-order valence-corrected chi connectivity index (χ0v) is 9.92. The molecule has 0 saturated heterocycles. The number of nitrogens with one attached hydrogen (secondary N) is 1. The first kappa shape index (κ1) is 12.2. The molecule has 0 saturated carbocycles.